The number of aryl methyl sites for hydroxylation is 1. The lowest BCUT2D eigenvalue weighted by molar-refractivity contribution is -0.143. The molecule has 0 aliphatic carbocycles. The van der Waals surface area contributed by atoms with E-state index < -0.39 is 0 Å². The Morgan fingerprint density at radius 3 is 1.39 bits per heavy atom. The van der Waals surface area contributed by atoms with Crippen LogP contribution in [0.25, 0.3) is 11.2 Å². The molecule has 1 saturated heterocycles. The Balaban J connectivity index is 1.35. The number of aromatic amines is 1. The van der Waals surface area contributed by atoms with E-state index in [1.165, 1.54) is 110 Å². The molecule has 1 aliphatic heterocycles. The minimum Gasteiger partial charge on any atom is -0.465 e. The number of hydrogen-bond donors (Lipinski definition) is 2. The average Bonchev–Trinajstić information content (AvgIpc) is 1.73. The first-order valence-corrected chi connectivity index (χ1v) is 45.0. The van der Waals surface area contributed by atoms with Crippen molar-refractivity contribution in [3.8, 4) is 6.01 Å². The zero-order valence-corrected chi connectivity index (χ0v) is 71.1. The molecule has 21 nitrogen and oxygen atoms in total. The van der Waals surface area contributed by atoms with Gasteiger partial charge in [0.25, 0.3) is 0 Å². The second-order valence-electron chi connectivity index (χ2n) is 31.0. The quantitative estimate of drug-likeness (QED) is 0.0232. The zero-order valence-electron chi connectivity index (χ0n) is 71.1. The summed E-state index contributed by atoms with van der Waals surface area (Å²) < 4.78 is 34.7. The number of rotatable bonds is 74. The molecule has 1 aliphatic rings. The summed E-state index contributed by atoms with van der Waals surface area (Å²) in [6.07, 6.45) is 58.4. The van der Waals surface area contributed by atoms with E-state index in [4.69, 9.17) is 33.4 Å². The normalized spacial score (nSPS) is 12.8. The monoisotopic (exact) mass is 1570 g/mol. The number of carbonyl (C=O) groups is 5. The number of amides is 1. The van der Waals surface area contributed by atoms with Crippen molar-refractivity contribution in [2.75, 3.05) is 124 Å². The molecular weight excluding hydrogens is 1410 g/mol. The third kappa shape index (κ3) is 50.2. The van der Waals surface area contributed by atoms with Crippen LogP contribution in [0.5, 0.6) is 6.01 Å². The molecule has 2 N–H and O–H groups in total. The summed E-state index contributed by atoms with van der Waals surface area (Å²) >= 11 is 0. The largest absolute Gasteiger partial charge is 0.465 e. The second kappa shape index (κ2) is 68.0. The van der Waals surface area contributed by atoms with Gasteiger partial charge in [0, 0.05) is 58.4 Å². The molecule has 21 heteroatoms. The Hall–Kier alpha value is -6.26. The van der Waals surface area contributed by atoms with Gasteiger partial charge in [0.15, 0.2) is 11.5 Å². The Kier molecular flexibility index (Phi) is 59.6. The van der Waals surface area contributed by atoms with E-state index in [9.17, 15) is 28.8 Å². The molecule has 2 aromatic heterocycles. The zero-order chi connectivity index (χ0) is 80.2. The number of ether oxygens (including phenoxy) is 6. The second-order valence-corrected chi connectivity index (χ2v) is 31.0. The number of aromatic nitrogens is 4. The molecule has 3 aromatic rings. The van der Waals surface area contributed by atoms with E-state index in [1.807, 2.05) is 36.4 Å². The molecule has 0 unspecified atom stereocenters. The number of fused-ring (bicyclic) bond motifs is 1. The fourth-order valence-corrected chi connectivity index (χ4v) is 14.3. The maximum atomic E-state index is 13.9. The molecular formula is C91H155N9O12. The summed E-state index contributed by atoms with van der Waals surface area (Å²) in [5.74, 6) is -0.619. The lowest BCUT2D eigenvalue weighted by Gasteiger charge is -2.28. The maximum absolute atomic E-state index is 13.9. The van der Waals surface area contributed by atoms with Crippen LogP contribution in [0.4, 0.5) is 5.82 Å². The number of carbonyl (C=O) groups excluding carboxylic acids is 5. The predicted molar refractivity (Wildman–Crippen MR) is 456 cm³/mol. The Bertz CT molecular complexity index is 2980. The molecule has 0 bridgehead atoms. The van der Waals surface area contributed by atoms with Gasteiger partial charge in [0.2, 0.25) is 5.91 Å². The van der Waals surface area contributed by atoms with Crippen molar-refractivity contribution in [2.24, 2.45) is 0 Å². The number of benzene rings is 1. The van der Waals surface area contributed by atoms with Crippen LogP contribution in [-0.4, -0.2) is 188 Å². The van der Waals surface area contributed by atoms with Crippen LogP contribution >= 0.6 is 0 Å². The van der Waals surface area contributed by atoms with Crippen molar-refractivity contribution >= 4 is 46.8 Å². The Labute approximate surface area is 677 Å². The first kappa shape index (κ1) is 98.1. The average molecular weight is 1570 g/mol. The van der Waals surface area contributed by atoms with Crippen molar-refractivity contribution in [2.45, 2.75) is 330 Å². The molecule has 1 fully saturated rings. The van der Waals surface area contributed by atoms with E-state index >= 15 is 0 Å². The molecule has 3 heterocycles. The van der Waals surface area contributed by atoms with Crippen molar-refractivity contribution < 1.29 is 52.4 Å². The highest BCUT2D eigenvalue weighted by Crippen LogP contribution is 2.23. The number of H-pyrrole nitrogens is 1. The summed E-state index contributed by atoms with van der Waals surface area (Å²) in [7, 11) is 1.39. The molecule has 0 spiro atoms. The summed E-state index contributed by atoms with van der Waals surface area (Å²) in [6, 6.07) is 7.68. The van der Waals surface area contributed by atoms with Crippen LogP contribution in [0.3, 0.4) is 0 Å². The van der Waals surface area contributed by atoms with Gasteiger partial charge in [0.1, 0.15) is 25.3 Å². The number of esters is 4. The van der Waals surface area contributed by atoms with Gasteiger partial charge >= 0.3 is 35.6 Å². The predicted octanol–water partition coefficient (Wildman–Crippen LogP) is 19.6. The molecule has 112 heavy (non-hydrogen) atoms. The number of methoxy groups -OCH3 is 1. The van der Waals surface area contributed by atoms with Gasteiger partial charge in [0.05, 0.1) is 32.5 Å². The highest BCUT2D eigenvalue weighted by molar-refractivity contribution is 5.97. The fourth-order valence-electron chi connectivity index (χ4n) is 14.3. The van der Waals surface area contributed by atoms with E-state index in [2.05, 4.69) is 80.8 Å². The summed E-state index contributed by atoms with van der Waals surface area (Å²) in [4.78, 5) is 100. The summed E-state index contributed by atoms with van der Waals surface area (Å²) in [5, 5.41) is 3.05. The SMILES string of the molecule is CCCCCC/C=C/COC(=O)CCCCCCCCN(CCCCCCCCC(=O)OC/C=C/CCCCCC)CCCN(CCCCCCCCC(=O)OC/C=C/CCCCCC)CCCCCC(=O)Nc1nc(OCCCC)nc2c1[nH]c(=O)n2CCCN(CCCN1CCOCC1)Cc1cccc(C(=O)OC)c1. The number of unbranched alkanes of at least 4 members (excludes halogenated alkanes) is 30. The molecule has 0 atom stereocenters. The van der Waals surface area contributed by atoms with Gasteiger partial charge in [-0.25, -0.2) is 9.59 Å². The third-order valence-corrected chi connectivity index (χ3v) is 21.1. The van der Waals surface area contributed by atoms with Crippen LogP contribution in [-0.2, 0) is 56.0 Å². The number of hydrogen-bond acceptors (Lipinski definition) is 18. The van der Waals surface area contributed by atoms with Crippen molar-refractivity contribution in [1.29, 1.82) is 0 Å². The van der Waals surface area contributed by atoms with Crippen LogP contribution in [0.2, 0.25) is 0 Å². The van der Waals surface area contributed by atoms with E-state index in [-0.39, 0.29) is 47.3 Å². The topological polar surface area (TPSA) is 229 Å². The maximum Gasteiger partial charge on any atom is 0.337 e. The van der Waals surface area contributed by atoms with Gasteiger partial charge in [-0.2, -0.15) is 9.97 Å². The fraction of sp³-hybridized carbons (Fsp3) is 0.758. The highest BCUT2D eigenvalue weighted by Gasteiger charge is 2.21. The lowest BCUT2D eigenvalue weighted by atomic mass is 10.1. The summed E-state index contributed by atoms with van der Waals surface area (Å²) in [6.45, 7) is 23.2. The molecule has 1 amide bonds. The minimum atomic E-state index is -0.373. The number of allylic oxidation sites excluding steroid dienone is 3. The van der Waals surface area contributed by atoms with Gasteiger partial charge in [-0.1, -0.05) is 224 Å². The van der Waals surface area contributed by atoms with Crippen LogP contribution in [0.1, 0.15) is 333 Å². The van der Waals surface area contributed by atoms with E-state index in [0.29, 0.717) is 101 Å². The van der Waals surface area contributed by atoms with Crippen molar-refractivity contribution in [3.63, 3.8) is 0 Å². The first-order valence-electron chi connectivity index (χ1n) is 45.0. The minimum absolute atomic E-state index is 0.0959. The van der Waals surface area contributed by atoms with Gasteiger partial charge in [-0.15, -0.1) is 0 Å². The van der Waals surface area contributed by atoms with Gasteiger partial charge < -0.3 is 48.5 Å². The standard InChI is InChI=1S/C91H155N9O12/c1-6-10-14-17-26-35-47-73-109-83(102)57-40-29-20-23-32-43-60-96(61-44-33-24-21-30-41-58-84(103)110-74-48-36-27-18-15-11-7-2)64-51-65-97(62-45-34-25-22-31-42-59-85(104)111-75-49-37-28-19-16-12-8-3)63-46-38-39-56-82(101)92-87-86-88(95-90(94-87)112-72-13-9-4)100(91(106)93-86)69-53-68-99(67-52-66-98-70-76-108-77-71-98)79-80-54-50-55-81(78-80)89(105)107-5/h35-37,47-50,54-55,78H,6-34,38-46,51-53,56-77,79H2,1-5H3,(H,93,106)(H,92,94,95,101)/b47-35+,48-36+,49-37+. The Morgan fingerprint density at radius 2 is 0.911 bits per heavy atom. The van der Waals surface area contributed by atoms with Crippen LogP contribution in [0.15, 0.2) is 65.5 Å². The molecule has 0 radical (unpaired) electrons. The Morgan fingerprint density at radius 1 is 0.482 bits per heavy atom. The van der Waals surface area contributed by atoms with Gasteiger partial charge in [-0.3, -0.25) is 33.5 Å². The molecule has 636 valence electrons. The number of nitrogens with zero attached hydrogens (tertiary/aromatic N) is 7. The number of nitrogens with one attached hydrogen (secondary N) is 2. The van der Waals surface area contributed by atoms with E-state index in [1.54, 1.807) is 10.6 Å². The number of imidazole rings is 1. The number of morpholine rings is 1. The highest BCUT2D eigenvalue weighted by atomic mass is 16.5. The number of anilines is 1. The first-order chi connectivity index (χ1) is 55.0. The van der Waals surface area contributed by atoms with Crippen molar-refractivity contribution in [1.82, 2.24) is 39.1 Å². The van der Waals surface area contributed by atoms with Crippen LogP contribution in [0, 0.1) is 0 Å². The van der Waals surface area contributed by atoms with E-state index in [0.717, 1.165) is 232 Å². The molecule has 4 rings (SSSR count). The lowest BCUT2D eigenvalue weighted by Crippen LogP contribution is -2.38. The molecule has 1 aromatic carbocycles. The smallest absolute Gasteiger partial charge is 0.337 e. The summed E-state index contributed by atoms with van der Waals surface area (Å²) in [5.41, 5.74) is 1.93. The van der Waals surface area contributed by atoms with Gasteiger partial charge in [-0.05, 0) is 186 Å². The third-order valence-electron chi connectivity index (χ3n) is 21.1. The van der Waals surface area contributed by atoms with Crippen molar-refractivity contribution in [3.05, 3.63) is 82.3 Å². The molecule has 0 saturated carbocycles. The van der Waals surface area contributed by atoms with Crippen LogP contribution < -0.4 is 15.7 Å².